The van der Waals surface area contributed by atoms with E-state index in [0.29, 0.717) is 42.9 Å². The number of hydrogen-bond donors (Lipinski definition) is 4. The number of likely N-dealkylation sites (tertiary alicyclic amines) is 1. The molecule has 4 aromatic rings. The van der Waals surface area contributed by atoms with Gasteiger partial charge < -0.3 is 30.2 Å². The Hall–Kier alpha value is -3.90. The third-order valence-corrected chi connectivity index (χ3v) is 10.6. The third kappa shape index (κ3) is 8.64. The molecule has 2 aliphatic rings. The molecule has 49 heavy (non-hydrogen) atoms. The van der Waals surface area contributed by atoms with Crippen LogP contribution in [0.5, 0.6) is 0 Å². The summed E-state index contributed by atoms with van der Waals surface area (Å²) in [5.74, 6) is 0.523. The van der Waals surface area contributed by atoms with Gasteiger partial charge in [0.25, 0.3) is 11.8 Å². The molecule has 4 heterocycles. The number of nitrogens with one attached hydrogen (secondary N) is 2. The summed E-state index contributed by atoms with van der Waals surface area (Å²) < 4.78 is 6.17. The van der Waals surface area contributed by atoms with Crippen LogP contribution in [0.25, 0.3) is 11.5 Å². The number of hydrogen-bond acceptors (Lipinski definition) is 9. The van der Waals surface area contributed by atoms with Crippen LogP contribution in [0, 0.1) is 6.92 Å². The van der Waals surface area contributed by atoms with E-state index in [1.165, 1.54) is 6.42 Å². The van der Waals surface area contributed by atoms with Gasteiger partial charge in [-0.2, -0.15) is 0 Å². The molecule has 0 bridgehead atoms. The molecule has 4 N–H and O–H groups in total. The number of β-amino-alcohol motifs (C(OH)–C–C–N with tert-alkyl or cyclic N) is 1. The quantitative estimate of drug-likeness (QED) is 0.125. The van der Waals surface area contributed by atoms with Crippen LogP contribution in [0.2, 0.25) is 0 Å². The number of aliphatic hydroxyl groups is 2. The van der Waals surface area contributed by atoms with Crippen molar-refractivity contribution in [2.24, 2.45) is 0 Å². The Balaban J connectivity index is 1.31. The highest BCUT2D eigenvalue weighted by atomic mass is 32.1. The molecular weight excluding hydrogens is 639 g/mol. The Morgan fingerprint density at radius 1 is 1.14 bits per heavy atom. The smallest absolute Gasteiger partial charge is 0.254 e. The summed E-state index contributed by atoms with van der Waals surface area (Å²) in [6, 6.07) is 13.6. The molecule has 0 spiro atoms. The van der Waals surface area contributed by atoms with Crippen molar-refractivity contribution in [1.82, 2.24) is 25.5 Å². The number of carbonyl (C=O) groups excluding carboxylic acids is 2. The molecule has 0 saturated carbocycles. The molecule has 5 unspecified atom stereocenters. The standard InChI is InChI=1S/C38H47N5O5S/c1-3-4-5-9-13-30-22-40-36(48-30)27-17-26(18-28(19-27)38(47)43-15-10-14-33(43)37-41-24(2)23-49-37)35(46)42-32(16-25-11-7-6-8-12-25)34(45)31-20-29(44)21-39-31/h6-8,11-12,17-19,22-23,29,31-34,39,44-45H,3-5,9-10,13-16,20-21H2,1-2H3,(H,42,46). The summed E-state index contributed by atoms with van der Waals surface area (Å²) >= 11 is 1.57. The number of unbranched alkanes of at least 4 members (excludes halogenated alkanes) is 3. The van der Waals surface area contributed by atoms with Gasteiger partial charge >= 0.3 is 0 Å². The number of benzene rings is 2. The van der Waals surface area contributed by atoms with Crippen molar-refractivity contribution >= 4 is 23.2 Å². The van der Waals surface area contributed by atoms with Crippen molar-refractivity contribution in [3.63, 3.8) is 0 Å². The van der Waals surface area contributed by atoms with E-state index in [9.17, 15) is 19.8 Å². The Labute approximate surface area is 292 Å². The van der Waals surface area contributed by atoms with E-state index in [1.807, 2.05) is 47.5 Å². The SMILES string of the molecule is CCCCCCc1cnc(-c2cc(C(=O)NC(Cc3ccccc3)C(O)C3CC(O)CN3)cc(C(=O)N3CCCC3c3nc(C)cs3)c2)o1. The van der Waals surface area contributed by atoms with Crippen molar-refractivity contribution < 1.29 is 24.2 Å². The van der Waals surface area contributed by atoms with E-state index in [4.69, 9.17) is 4.42 Å². The Morgan fingerprint density at radius 3 is 2.69 bits per heavy atom. The van der Waals surface area contributed by atoms with Gasteiger partial charge in [-0.1, -0.05) is 56.5 Å². The summed E-state index contributed by atoms with van der Waals surface area (Å²) in [5.41, 5.74) is 3.07. The Kier molecular flexibility index (Phi) is 11.6. The molecule has 5 atom stereocenters. The summed E-state index contributed by atoms with van der Waals surface area (Å²) in [6.07, 6.45) is 7.88. The fourth-order valence-electron chi connectivity index (χ4n) is 6.91. The Morgan fingerprint density at radius 2 is 1.96 bits per heavy atom. The molecule has 2 aromatic carbocycles. The fourth-order valence-corrected chi connectivity index (χ4v) is 7.85. The van der Waals surface area contributed by atoms with Gasteiger partial charge in [0.15, 0.2) is 0 Å². The van der Waals surface area contributed by atoms with Gasteiger partial charge in [-0.05, 0) is 62.8 Å². The minimum absolute atomic E-state index is 0.122. The van der Waals surface area contributed by atoms with E-state index in [1.54, 1.807) is 35.7 Å². The van der Waals surface area contributed by atoms with E-state index in [2.05, 4.69) is 27.5 Å². The topological polar surface area (TPSA) is 141 Å². The van der Waals surface area contributed by atoms with Gasteiger partial charge in [-0.15, -0.1) is 11.3 Å². The predicted molar refractivity (Wildman–Crippen MR) is 189 cm³/mol. The number of carbonyl (C=O) groups is 2. The monoisotopic (exact) mass is 685 g/mol. The highest BCUT2D eigenvalue weighted by Crippen LogP contribution is 2.35. The summed E-state index contributed by atoms with van der Waals surface area (Å²) in [5, 5.41) is 30.8. The largest absolute Gasteiger partial charge is 0.441 e. The minimum Gasteiger partial charge on any atom is -0.441 e. The lowest BCUT2D eigenvalue weighted by atomic mass is 9.94. The lowest BCUT2D eigenvalue weighted by Crippen LogP contribution is -2.52. The second-order valence-electron chi connectivity index (χ2n) is 13.4. The highest BCUT2D eigenvalue weighted by Gasteiger charge is 2.36. The molecular formula is C38H47N5O5S. The number of oxazole rings is 1. The maximum absolute atomic E-state index is 14.2. The number of aliphatic hydroxyl groups excluding tert-OH is 2. The molecule has 2 aromatic heterocycles. The van der Waals surface area contributed by atoms with Gasteiger partial charge in [0.2, 0.25) is 5.89 Å². The molecule has 11 heteroatoms. The number of nitrogens with zero attached hydrogens (tertiary/aromatic N) is 3. The normalized spacial score (nSPS) is 20.4. The van der Waals surface area contributed by atoms with Crippen LogP contribution in [0.4, 0.5) is 0 Å². The maximum Gasteiger partial charge on any atom is 0.254 e. The number of rotatable bonds is 14. The van der Waals surface area contributed by atoms with Gasteiger partial charge in [0.05, 0.1) is 30.5 Å². The summed E-state index contributed by atoms with van der Waals surface area (Å²) in [6.45, 7) is 5.12. The van der Waals surface area contributed by atoms with Crippen LogP contribution >= 0.6 is 11.3 Å². The second-order valence-corrected chi connectivity index (χ2v) is 14.3. The number of thiazole rings is 1. The second kappa shape index (κ2) is 16.2. The fraction of sp³-hybridized carbons (Fsp3) is 0.474. The van der Waals surface area contributed by atoms with Crippen molar-refractivity contribution in [1.29, 1.82) is 0 Å². The van der Waals surface area contributed by atoms with Crippen molar-refractivity contribution in [2.75, 3.05) is 13.1 Å². The van der Waals surface area contributed by atoms with Crippen molar-refractivity contribution in [3.05, 3.63) is 93.3 Å². The van der Waals surface area contributed by atoms with E-state index >= 15 is 0 Å². The lowest BCUT2D eigenvalue weighted by molar-refractivity contribution is 0.0714. The average Bonchev–Trinajstić information content (AvgIpc) is 3.94. The number of amides is 2. The summed E-state index contributed by atoms with van der Waals surface area (Å²) in [4.78, 5) is 39.4. The zero-order valence-electron chi connectivity index (χ0n) is 28.3. The zero-order chi connectivity index (χ0) is 34.3. The van der Waals surface area contributed by atoms with Gasteiger partial charge in [-0.3, -0.25) is 9.59 Å². The maximum atomic E-state index is 14.2. The Bertz CT molecular complexity index is 1710. The predicted octanol–water partition coefficient (Wildman–Crippen LogP) is 5.63. The molecule has 10 nitrogen and oxygen atoms in total. The van der Waals surface area contributed by atoms with Crippen LogP contribution < -0.4 is 10.6 Å². The van der Waals surface area contributed by atoms with Crippen LogP contribution in [-0.2, 0) is 12.8 Å². The molecule has 2 amide bonds. The molecule has 260 valence electrons. The van der Waals surface area contributed by atoms with Crippen molar-refractivity contribution in [3.8, 4) is 11.5 Å². The molecule has 2 aliphatic heterocycles. The molecule has 2 fully saturated rings. The molecule has 0 aliphatic carbocycles. The summed E-state index contributed by atoms with van der Waals surface area (Å²) in [7, 11) is 0. The van der Waals surface area contributed by atoms with Crippen LogP contribution in [0.15, 0.2) is 64.5 Å². The molecule has 2 saturated heterocycles. The van der Waals surface area contributed by atoms with Crippen LogP contribution in [0.1, 0.15) is 101 Å². The first-order valence-corrected chi connectivity index (χ1v) is 18.4. The van der Waals surface area contributed by atoms with E-state index in [0.717, 1.165) is 60.6 Å². The first kappa shape index (κ1) is 34.9. The van der Waals surface area contributed by atoms with E-state index in [-0.39, 0.29) is 23.6 Å². The minimum atomic E-state index is -0.959. The van der Waals surface area contributed by atoms with Gasteiger partial charge in [-0.25, -0.2) is 9.97 Å². The first-order valence-electron chi connectivity index (χ1n) is 17.6. The number of aromatic nitrogens is 2. The zero-order valence-corrected chi connectivity index (χ0v) is 29.1. The van der Waals surface area contributed by atoms with Gasteiger partial charge in [0, 0.05) is 53.3 Å². The average molecular weight is 686 g/mol. The van der Waals surface area contributed by atoms with Gasteiger partial charge in [0.1, 0.15) is 10.8 Å². The lowest BCUT2D eigenvalue weighted by Gasteiger charge is -2.29. The first-order chi connectivity index (χ1) is 23.8. The third-order valence-electron chi connectivity index (χ3n) is 9.54. The van der Waals surface area contributed by atoms with Crippen LogP contribution in [-0.4, -0.2) is 74.3 Å². The van der Waals surface area contributed by atoms with Crippen LogP contribution in [0.3, 0.4) is 0 Å². The molecule has 0 radical (unpaired) electrons. The van der Waals surface area contributed by atoms with Crippen molar-refractivity contribution in [2.45, 2.75) is 102 Å². The molecule has 6 rings (SSSR count). The highest BCUT2D eigenvalue weighted by molar-refractivity contribution is 7.09. The van der Waals surface area contributed by atoms with E-state index < -0.39 is 24.2 Å². The number of aryl methyl sites for hydroxylation is 2.